The van der Waals surface area contributed by atoms with Crippen molar-refractivity contribution in [3.05, 3.63) is 58.7 Å². The summed E-state index contributed by atoms with van der Waals surface area (Å²) >= 11 is 0. The van der Waals surface area contributed by atoms with E-state index in [2.05, 4.69) is 24.2 Å². The number of hydrogen-bond donors (Lipinski definition) is 0. The van der Waals surface area contributed by atoms with E-state index in [1.165, 1.54) is 24.3 Å². The van der Waals surface area contributed by atoms with Gasteiger partial charge in [-0.2, -0.15) is 8.78 Å². The molecule has 31 heavy (non-hydrogen) atoms. The highest BCUT2D eigenvalue weighted by molar-refractivity contribution is 7.27. The van der Waals surface area contributed by atoms with Crippen LogP contribution in [0.3, 0.4) is 0 Å². The predicted molar refractivity (Wildman–Crippen MR) is 118 cm³/mol. The first-order chi connectivity index (χ1) is 14.8. The van der Waals surface area contributed by atoms with E-state index in [0.717, 1.165) is 17.5 Å². The Labute approximate surface area is 182 Å². The van der Waals surface area contributed by atoms with Crippen molar-refractivity contribution >= 4 is 32.2 Å². The molecule has 1 aliphatic rings. The minimum absolute atomic E-state index is 0.0334. The zero-order chi connectivity index (χ0) is 22.7. The molecule has 0 aromatic heterocycles. The van der Waals surface area contributed by atoms with Crippen LogP contribution in [0.4, 0.5) is 23.2 Å². The number of hydrogen-bond acceptors (Lipinski definition) is 2. The second-order valence-corrected chi connectivity index (χ2v) is 8.16. The van der Waals surface area contributed by atoms with Crippen LogP contribution in [0, 0.1) is 23.3 Å². The molecule has 0 amide bonds. The molecule has 166 valence electrons. The van der Waals surface area contributed by atoms with Gasteiger partial charge in [0.2, 0.25) is 17.5 Å². The number of ether oxygens (including phenoxy) is 1. The van der Waals surface area contributed by atoms with Crippen molar-refractivity contribution in [3.8, 4) is 0 Å². The summed E-state index contributed by atoms with van der Waals surface area (Å²) < 4.78 is 63.6. The molecule has 3 rings (SSSR count). The predicted octanol–water partition coefficient (Wildman–Crippen LogP) is 5.38. The van der Waals surface area contributed by atoms with E-state index in [1.54, 1.807) is 9.24 Å². The lowest BCUT2D eigenvalue weighted by Gasteiger charge is -2.17. The van der Waals surface area contributed by atoms with Gasteiger partial charge in [-0.25, -0.2) is 8.78 Å². The highest BCUT2D eigenvalue weighted by Gasteiger charge is 2.33. The topological polar surface area (TPSA) is 24.6 Å². The molecular weight excluding hydrogens is 427 g/mol. The zero-order valence-electron chi connectivity index (χ0n) is 17.8. The molecule has 0 bridgehead atoms. The van der Waals surface area contributed by atoms with Gasteiger partial charge in [0, 0.05) is 12.8 Å². The lowest BCUT2D eigenvalue weighted by molar-refractivity contribution is -0.446. The van der Waals surface area contributed by atoms with Gasteiger partial charge in [-0.15, -0.1) is 0 Å². The Balaban J connectivity index is 1.85. The third kappa shape index (κ3) is 4.73. The number of fused-ring (bicyclic) bond motifs is 1. The highest BCUT2D eigenvalue weighted by Crippen LogP contribution is 2.34. The Bertz CT molecular complexity index is 1010. The minimum Gasteiger partial charge on any atom is -0.371 e. The molecule has 0 fully saturated rings. The zero-order valence-corrected chi connectivity index (χ0v) is 18.9. The van der Waals surface area contributed by atoms with Gasteiger partial charge in [0.15, 0.2) is 12.0 Å². The Morgan fingerprint density at radius 1 is 1.16 bits per heavy atom. The standard InChI is InChI=1S/C23H26F4N2OP/c1-4-8-15(12-30-17-11-14-9-6-7-10-16(14)13(17)3)28-29(5-2)22-19(25)18(24)20(26)23(31)21(22)27/h5-7,9-10,13,17H,4,8,11-12,31H2,1-3H3/q+1/b28-15+,29-5-. The monoisotopic (exact) mass is 453 g/mol. The number of rotatable bonds is 7. The normalized spacial score (nSPS) is 19.1. The number of nitrogens with zero attached hydrogens (tertiary/aromatic N) is 2. The van der Waals surface area contributed by atoms with E-state index >= 15 is 0 Å². The lowest BCUT2D eigenvalue weighted by Crippen LogP contribution is -2.23. The van der Waals surface area contributed by atoms with Crippen LogP contribution >= 0.6 is 9.24 Å². The van der Waals surface area contributed by atoms with Crippen LogP contribution in [0.15, 0.2) is 29.4 Å². The maximum absolute atomic E-state index is 14.6. The summed E-state index contributed by atoms with van der Waals surface area (Å²) in [5.41, 5.74) is 2.29. The smallest absolute Gasteiger partial charge is 0.312 e. The molecule has 3 atom stereocenters. The van der Waals surface area contributed by atoms with E-state index in [1.807, 2.05) is 19.1 Å². The summed E-state index contributed by atoms with van der Waals surface area (Å²) in [7, 11) is 1.76. The molecule has 3 unspecified atom stereocenters. The Kier molecular flexibility index (Phi) is 7.60. The molecule has 0 saturated heterocycles. The van der Waals surface area contributed by atoms with Crippen molar-refractivity contribution in [2.75, 3.05) is 6.61 Å². The van der Waals surface area contributed by atoms with E-state index in [4.69, 9.17) is 4.74 Å². The Morgan fingerprint density at radius 3 is 2.52 bits per heavy atom. The maximum atomic E-state index is 14.6. The van der Waals surface area contributed by atoms with E-state index in [0.29, 0.717) is 12.1 Å². The van der Waals surface area contributed by atoms with Gasteiger partial charge in [0.05, 0.1) is 18.0 Å². The Morgan fingerprint density at radius 2 is 1.87 bits per heavy atom. The van der Waals surface area contributed by atoms with Crippen molar-refractivity contribution in [1.82, 2.24) is 0 Å². The number of hydrazone groups is 1. The third-order valence-electron chi connectivity index (χ3n) is 5.52. The quantitative estimate of drug-likeness (QED) is 0.105. The van der Waals surface area contributed by atoms with Gasteiger partial charge in [0.25, 0.3) is 0 Å². The highest BCUT2D eigenvalue weighted by atomic mass is 31.0. The molecule has 2 aromatic carbocycles. The fraction of sp³-hybridized carbons (Fsp3) is 0.391. The summed E-state index contributed by atoms with van der Waals surface area (Å²) in [5, 5.41) is 3.64. The summed E-state index contributed by atoms with van der Waals surface area (Å²) in [6.07, 6.45) is 3.31. The van der Waals surface area contributed by atoms with Gasteiger partial charge in [-0.1, -0.05) is 58.5 Å². The molecule has 1 aliphatic carbocycles. The molecule has 0 heterocycles. The first-order valence-electron chi connectivity index (χ1n) is 10.3. The average molecular weight is 453 g/mol. The fourth-order valence-corrected chi connectivity index (χ4v) is 4.10. The molecule has 2 aromatic rings. The summed E-state index contributed by atoms with van der Waals surface area (Å²) in [6, 6.07) is 8.17. The van der Waals surface area contributed by atoms with E-state index in [9.17, 15) is 17.6 Å². The molecule has 0 aliphatic heterocycles. The van der Waals surface area contributed by atoms with Gasteiger partial charge < -0.3 is 4.74 Å². The van der Waals surface area contributed by atoms with Gasteiger partial charge in [-0.05, 0) is 29.1 Å². The van der Waals surface area contributed by atoms with Crippen LogP contribution in [0.1, 0.15) is 50.7 Å². The molecule has 0 spiro atoms. The minimum atomic E-state index is -1.74. The van der Waals surface area contributed by atoms with Gasteiger partial charge >= 0.3 is 5.69 Å². The molecule has 0 saturated carbocycles. The van der Waals surface area contributed by atoms with Crippen LogP contribution in [-0.2, 0) is 11.2 Å². The average Bonchev–Trinajstić information content (AvgIpc) is 3.09. The second-order valence-electron chi connectivity index (χ2n) is 7.58. The third-order valence-corrected chi connectivity index (χ3v) is 6.03. The summed E-state index contributed by atoms with van der Waals surface area (Å²) in [5.74, 6) is -5.95. The van der Waals surface area contributed by atoms with Crippen molar-refractivity contribution in [2.24, 2.45) is 5.10 Å². The van der Waals surface area contributed by atoms with Crippen molar-refractivity contribution in [1.29, 1.82) is 0 Å². The van der Waals surface area contributed by atoms with Crippen LogP contribution in [0.25, 0.3) is 0 Å². The van der Waals surface area contributed by atoms with Crippen molar-refractivity contribution in [2.45, 2.75) is 52.1 Å². The number of halogens is 4. The fourth-order valence-electron chi connectivity index (χ4n) is 3.83. The molecule has 3 nitrogen and oxygen atoms in total. The van der Waals surface area contributed by atoms with Crippen molar-refractivity contribution in [3.63, 3.8) is 0 Å². The summed E-state index contributed by atoms with van der Waals surface area (Å²) in [6.45, 7) is 5.73. The molecule has 8 heteroatoms. The van der Waals surface area contributed by atoms with E-state index < -0.39 is 34.3 Å². The first kappa shape index (κ1) is 23.6. The van der Waals surface area contributed by atoms with Crippen LogP contribution in [0.2, 0.25) is 0 Å². The van der Waals surface area contributed by atoms with Crippen molar-refractivity contribution < 1.29 is 27.0 Å². The SMILES string of the molecule is C/C=[N+](\N=C(/CCC)COC1Cc2ccccc2C1C)c1c(F)c(F)c(F)c(P)c1F. The van der Waals surface area contributed by atoms with Gasteiger partial charge in [0.1, 0.15) is 5.71 Å². The number of benzene rings is 2. The van der Waals surface area contributed by atoms with E-state index in [-0.39, 0.29) is 18.6 Å². The second kappa shape index (κ2) is 10.0. The molecule has 0 N–H and O–H groups in total. The van der Waals surface area contributed by atoms with Crippen LogP contribution in [0.5, 0.6) is 0 Å². The molecular formula is C23H26F4N2OP+. The lowest BCUT2D eigenvalue weighted by atomic mass is 10.0. The Hall–Kier alpha value is -2.11. The van der Waals surface area contributed by atoms with Crippen LogP contribution < -0.4 is 5.30 Å². The first-order valence-corrected chi connectivity index (χ1v) is 10.8. The maximum Gasteiger partial charge on any atom is 0.312 e. The summed E-state index contributed by atoms with van der Waals surface area (Å²) in [4.78, 5) is 0. The van der Waals surface area contributed by atoms with Crippen LogP contribution in [-0.4, -0.2) is 29.3 Å². The largest absolute Gasteiger partial charge is 0.371 e. The van der Waals surface area contributed by atoms with Gasteiger partial charge in [-0.3, -0.25) is 0 Å². The molecule has 0 radical (unpaired) electrons.